The Labute approximate surface area is 196 Å². The van der Waals surface area contributed by atoms with Gasteiger partial charge in [0.15, 0.2) is 0 Å². The minimum absolute atomic E-state index is 0. The van der Waals surface area contributed by atoms with Gasteiger partial charge in [0.1, 0.15) is 16.9 Å². The number of carbonyl (C=O) groups is 2. The van der Waals surface area contributed by atoms with Gasteiger partial charge in [0.25, 0.3) is 0 Å². The molecule has 0 radical (unpaired) electrons. The first-order valence-corrected chi connectivity index (χ1v) is 10.2. The van der Waals surface area contributed by atoms with E-state index in [2.05, 4.69) is 15.3 Å². The van der Waals surface area contributed by atoms with Crippen molar-refractivity contribution in [2.75, 3.05) is 5.32 Å². The summed E-state index contributed by atoms with van der Waals surface area (Å²) in [6.07, 6.45) is 4.45. The lowest BCUT2D eigenvalue weighted by Crippen LogP contribution is -2.36. The van der Waals surface area contributed by atoms with Crippen LogP contribution < -0.4 is 15.8 Å². The monoisotopic (exact) mass is 460 g/mol. The zero-order valence-electron chi connectivity index (χ0n) is 17.5. The molecule has 2 amide bonds. The van der Waals surface area contributed by atoms with Crippen LogP contribution >= 0.6 is 12.4 Å². The Balaban J connectivity index is 0.00000259. The van der Waals surface area contributed by atoms with E-state index in [0.29, 0.717) is 30.0 Å². The summed E-state index contributed by atoms with van der Waals surface area (Å²) in [6, 6.07) is 20.5. The van der Waals surface area contributed by atoms with Crippen molar-refractivity contribution in [3.8, 4) is 22.8 Å². The van der Waals surface area contributed by atoms with Crippen LogP contribution in [0.1, 0.15) is 12.8 Å². The molecule has 1 fully saturated rings. The van der Waals surface area contributed by atoms with Gasteiger partial charge in [0, 0.05) is 29.0 Å². The molecule has 166 valence electrons. The highest BCUT2D eigenvalue weighted by Crippen LogP contribution is 2.46. The number of halogens is 1. The lowest BCUT2D eigenvalue weighted by atomic mass is 10.1. The smallest absolute Gasteiger partial charge is 0.240 e. The summed E-state index contributed by atoms with van der Waals surface area (Å²) in [7, 11) is 0. The normalized spacial score (nSPS) is 13.6. The number of hydrogen-bond donors (Lipinski definition) is 2. The molecule has 2 heterocycles. The molecule has 0 atom stereocenters. The van der Waals surface area contributed by atoms with Gasteiger partial charge < -0.3 is 15.8 Å². The SMILES string of the molecule is Cl.NC(=O)C1(C(=O)Nc2ccc(Oc3ccnc4cc(-c5ccccn5)ccc34)cc2)CC1. The van der Waals surface area contributed by atoms with E-state index in [1.54, 1.807) is 36.7 Å². The Morgan fingerprint density at radius 3 is 2.39 bits per heavy atom. The summed E-state index contributed by atoms with van der Waals surface area (Å²) in [6.45, 7) is 0. The number of nitrogens with two attached hydrogens (primary N) is 1. The number of carbonyl (C=O) groups excluding carboxylic acids is 2. The number of rotatable bonds is 6. The van der Waals surface area contributed by atoms with Gasteiger partial charge in [-0.05, 0) is 67.4 Å². The molecule has 4 aromatic rings. The van der Waals surface area contributed by atoms with Gasteiger partial charge in [0.05, 0.1) is 11.2 Å². The summed E-state index contributed by atoms with van der Waals surface area (Å²) < 4.78 is 6.07. The molecule has 2 aromatic heterocycles. The highest BCUT2D eigenvalue weighted by Gasteiger charge is 2.55. The van der Waals surface area contributed by atoms with E-state index in [9.17, 15) is 9.59 Å². The second-order valence-corrected chi connectivity index (χ2v) is 7.78. The van der Waals surface area contributed by atoms with Crippen LogP contribution in [0.4, 0.5) is 5.69 Å². The van der Waals surface area contributed by atoms with E-state index in [1.807, 2.05) is 42.5 Å². The number of nitrogens with zero attached hydrogens (tertiary/aromatic N) is 2. The molecule has 3 N–H and O–H groups in total. The summed E-state index contributed by atoms with van der Waals surface area (Å²) in [4.78, 5) is 32.7. The summed E-state index contributed by atoms with van der Waals surface area (Å²) in [5.41, 5.74) is 7.54. The third-order valence-corrected chi connectivity index (χ3v) is 5.66. The first-order chi connectivity index (χ1) is 15.5. The van der Waals surface area contributed by atoms with Crippen molar-refractivity contribution >= 4 is 40.8 Å². The Bertz CT molecular complexity index is 1320. The van der Waals surface area contributed by atoms with Crippen LogP contribution in [0.5, 0.6) is 11.5 Å². The van der Waals surface area contributed by atoms with Gasteiger partial charge in [-0.25, -0.2) is 0 Å². The number of primary amides is 1. The van der Waals surface area contributed by atoms with Crippen molar-refractivity contribution in [2.24, 2.45) is 11.1 Å². The molecule has 33 heavy (non-hydrogen) atoms. The van der Waals surface area contributed by atoms with E-state index < -0.39 is 11.3 Å². The minimum atomic E-state index is -1.06. The quantitative estimate of drug-likeness (QED) is 0.405. The number of fused-ring (bicyclic) bond motifs is 1. The van der Waals surface area contributed by atoms with Crippen LogP contribution in [-0.4, -0.2) is 21.8 Å². The average molecular weight is 461 g/mol. The number of hydrogen-bond acceptors (Lipinski definition) is 5. The lowest BCUT2D eigenvalue weighted by Gasteiger charge is -2.13. The first-order valence-electron chi connectivity index (χ1n) is 10.2. The van der Waals surface area contributed by atoms with Gasteiger partial charge in [0.2, 0.25) is 11.8 Å². The molecular formula is C25H21ClN4O3. The summed E-state index contributed by atoms with van der Waals surface area (Å²) in [5, 5.41) is 3.63. The van der Waals surface area contributed by atoms with Crippen LogP contribution in [0.3, 0.4) is 0 Å². The molecular weight excluding hydrogens is 440 g/mol. The van der Waals surface area contributed by atoms with Crippen LogP contribution in [0, 0.1) is 5.41 Å². The Kier molecular flexibility index (Phi) is 5.98. The number of pyridine rings is 2. The zero-order valence-corrected chi connectivity index (χ0v) is 18.3. The molecule has 0 unspecified atom stereocenters. The van der Waals surface area contributed by atoms with Gasteiger partial charge in [-0.3, -0.25) is 19.6 Å². The fourth-order valence-electron chi connectivity index (χ4n) is 3.60. The Morgan fingerprint density at radius 1 is 0.939 bits per heavy atom. The molecule has 0 bridgehead atoms. The van der Waals surface area contributed by atoms with E-state index in [0.717, 1.165) is 22.2 Å². The molecule has 0 aliphatic heterocycles. The predicted molar refractivity (Wildman–Crippen MR) is 128 cm³/mol. The van der Waals surface area contributed by atoms with Crippen LogP contribution in [0.15, 0.2) is 79.1 Å². The van der Waals surface area contributed by atoms with Crippen molar-refractivity contribution in [1.29, 1.82) is 0 Å². The van der Waals surface area contributed by atoms with E-state index in [-0.39, 0.29) is 18.3 Å². The van der Waals surface area contributed by atoms with Gasteiger partial charge in [-0.2, -0.15) is 0 Å². The zero-order chi connectivity index (χ0) is 22.1. The van der Waals surface area contributed by atoms with Crippen molar-refractivity contribution < 1.29 is 14.3 Å². The fourth-order valence-corrected chi connectivity index (χ4v) is 3.60. The number of benzene rings is 2. The van der Waals surface area contributed by atoms with Crippen molar-refractivity contribution in [3.05, 3.63) is 79.1 Å². The number of amides is 2. The van der Waals surface area contributed by atoms with Gasteiger partial charge >= 0.3 is 0 Å². The lowest BCUT2D eigenvalue weighted by molar-refractivity contribution is -0.132. The van der Waals surface area contributed by atoms with Crippen molar-refractivity contribution in [3.63, 3.8) is 0 Å². The first kappa shape index (κ1) is 22.2. The van der Waals surface area contributed by atoms with Gasteiger partial charge in [-0.1, -0.05) is 12.1 Å². The molecule has 8 heteroatoms. The third kappa shape index (κ3) is 4.36. The standard InChI is InChI=1S/C25H20N4O3.ClH/c26-23(30)25(11-12-25)24(31)29-17-5-7-18(8-6-17)32-22-10-14-28-21-15-16(4-9-19(21)22)20-3-1-2-13-27-20;/h1-10,13-15H,11-12H2,(H2,26,30)(H,29,31);1H. The van der Waals surface area contributed by atoms with Crippen molar-refractivity contribution in [2.45, 2.75) is 12.8 Å². The topological polar surface area (TPSA) is 107 Å². The molecule has 1 aliphatic carbocycles. The van der Waals surface area contributed by atoms with E-state index >= 15 is 0 Å². The second-order valence-electron chi connectivity index (χ2n) is 7.78. The molecule has 0 saturated heterocycles. The predicted octanol–water partition coefficient (Wildman–Crippen LogP) is 4.71. The number of nitrogens with one attached hydrogen (secondary N) is 1. The number of anilines is 1. The maximum Gasteiger partial charge on any atom is 0.240 e. The Morgan fingerprint density at radius 2 is 1.73 bits per heavy atom. The fraction of sp³-hybridized carbons (Fsp3) is 0.120. The van der Waals surface area contributed by atoms with Gasteiger partial charge in [-0.15, -0.1) is 12.4 Å². The largest absolute Gasteiger partial charge is 0.457 e. The average Bonchev–Trinajstić information content (AvgIpc) is 3.63. The van der Waals surface area contributed by atoms with Crippen LogP contribution in [-0.2, 0) is 9.59 Å². The van der Waals surface area contributed by atoms with Crippen LogP contribution in [0.2, 0.25) is 0 Å². The highest BCUT2D eigenvalue weighted by molar-refractivity contribution is 6.12. The molecule has 7 nitrogen and oxygen atoms in total. The third-order valence-electron chi connectivity index (χ3n) is 5.66. The second kappa shape index (κ2) is 8.88. The van der Waals surface area contributed by atoms with E-state index in [1.165, 1.54) is 0 Å². The number of ether oxygens (including phenoxy) is 1. The molecule has 1 aliphatic rings. The summed E-state index contributed by atoms with van der Waals surface area (Å²) in [5.74, 6) is 0.346. The highest BCUT2D eigenvalue weighted by atomic mass is 35.5. The molecule has 5 rings (SSSR count). The maximum atomic E-state index is 12.3. The van der Waals surface area contributed by atoms with Crippen molar-refractivity contribution in [1.82, 2.24) is 9.97 Å². The van der Waals surface area contributed by atoms with Crippen LogP contribution in [0.25, 0.3) is 22.2 Å². The molecule has 2 aromatic carbocycles. The molecule has 0 spiro atoms. The number of aromatic nitrogens is 2. The molecule has 1 saturated carbocycles. The van der Waals surface area contributed by atoms with E-state index in [4.69, 9.17) is 10.5 Å². The Hall–Kier alpha value is -3.97. The maximum absolute atomic E-state index is 12.3. The summed E-state index contributed by atoms with van der Waals surface area (Å²) >= 11 is 0. The minimum Gasteiger partial charge on any atom is -0.457 e.